The Balaban J connectivity index is 2.18. The minimum absolute atomic E-state index is 0.146. The molecule has 2 N–H and O–H groups in total. The fraction of sp³-hybridized carbons (Fsp3) is 0.214. The van der Waals surface area contributed by atoms with Crippen molar-refractivity contribution < 1.29 is 14.0 Å². The molecule has 0 bridgehead atoms. The number of amides is 1. The summed E-state index contributed by atoms with van der Waals surface area (Å²) in [7, 11) is 0. The van der Waals surface area contributed by atoms with Crippen LogP contribution in [0.4, 0.5) is 16.0 Å². The first-order valence-electron chi connectivity index (χ1n) is 6.37. The smallest absolute Gasteiger partial charge is 0.278 e. The molecule has 2 rings (SSSR count). The van der Waals surface area contributed by atoms with Crippen molar-refractivity contribution in [2.75, 3.05) is 5.32 Å². The van der Waals surface area contributed by atoms with Gasteiger partial charge in [0.2, 0.25) is 5.95 Å². The van der Waals surface area contributed by atoms with E-state index in [9.17, 15) is 9.18 Å². The molecule has 0 aliphatic heterocycles. The highest BCUT2D eigenvalue weighted by molar-refractivity contribution is 5.98. The first-order valence-corrected chi connectivity index (χ1v) is 6.37. The van der Waals surface area contributed by atoms with Crippen LogP contribution < -0.4 is 10.8 Å². The number of hydrogen-bond donors (Lipinski definition) is 2. The second-order valence-corrected chi connectivity index (χ2v) is 4.47. The summed E-state index contributed by atoms with van der Waals surface area (Å²) in [5.41, 5.74) is 2.59. The number of aromatic nitrogens is 2. The SMILES string of the molecule is CC(C)ONC(=O)c1cccnc1Nc1cccc(F)n1. The molecule has 0 saturated carbocycles. The molecule has 2 aromatic heterocycles. The maximum absolute atomic E-state index is 13.1. The molecule has 0 aromatic carbocycles. The summed E-state index contributed by atoms with van der Waals surface area (Å²) in [6, 6.07) is 7.51. The van der Waals surface area contributed by atoms with Crippen LogP contribution in [0.2, 0.25) is 0 Å². The van der Waals surface area contributed by atoms with E-state index in [0.717, 1.165) is 0 Å². The zero-order valence-electron chi connectivity index (χ0n) is 11.6. The van der Waals surface area contributed by atoms with Gasteiger partial charge in [0.25, 0.3) is 5.91 Å². The first-order chi connectivity index (χ1) is 10.1. The van der Waals surface area contributed by atoms with Crippen LogP contribution in [-0.4, -0.2) is 22.0 Å². The average molecular weight is 290 g/mol. The van der Waals surface area contributed by atoms with Gasteiger partial charge in [-0.25, -0.2) is 15.4 Å². The Morgan fingerprint density at radius 3 is 2.81 bits per heavy atom. The van der Waals surface area contributed by atoms with E-state index in [1.807, 2.05) is 0 Å². The van der Waals surface area contributed by atoms with Crippen molar-refractivity contribution in [3.63, 3.8) is 0 Å². The van der Waals surface area contributed by atoms with Gasteiger partial charge in [-0.15, -0.1) is 0 Å². The number of nitrogens with zero attached hydrogens (tertiary/aromatic N) is 2. The van der Waals surface area contributed by atoms with E-state index in [-0.39, 0.29) is 23.3 Å². The third kappa shape index (κ3) is 4.22. The molecule has 7 heteroatoms. The molecule has 0 spiro atoms. The highest BCUT2D eigenvalue weighted by atomic mass is 19.1. The zero-order valence-corrected chi connectivity index (χ0v) is 11.6. The molecule has 2 heterocycles. The summed E-state index contributed by atoms with van der Waals surface area (Å²) in [4.78, 5) is 24.8. The van der Waals surface area contributed by atoms with E-state index < -0.39 is 11.9 Å². The normalized spacial score (nSPS) is 10.5. The maximum atomic E-state index is 13.1. The van der Waals surface area contributed by atoms with Crippen LogP contribution in [0.15, 0.2) is 36.5 Å². The van der Waals surface area contributed by atoms with E-state index in [4.69, 9.17) is 4.84 Å². The number of carbonyl (C=O) groups is 1. The Morgan fingerprint density at radius 2 is 2.10 bits per heavy atom. The van der Waals surface area contributed by atoms with E-state index in [0.29, 0.717) is 0 Å². The topological polar surface area (TPSA) is 76.1 Å². The number of hydrogen-bond acceptors (Lipinski definition) is 5. The Morgan fingerprint density at radius 1 is 1.29 bits per heavy atom. The summed E-state index contributed by atoms with van der Waals surface area (Å²) in [5.74, 6) is -0.547. The summed E-state index contributed by atoms with van der Waals surface area (Å²) < 4.78 is 13.1. The number of anilines is 2. The molecule has 0 atom stereocenters. The predicted octanol–water partition coefficient (Wildman–Crippen LogP) is 2.43. The van der Waals surface area contributed by atoms with Crippen molar-refractivity contribution in [1.82, 2.24) is 15.4 Å². The third-order valence-corrected chi connectivity index (χ3v) is 2.40. The molecule has 0 aliphatic rings. The van der Waals surface area contributed by atoms with Crippen LogP contribution in [0.3, 0.4) is 0 Å². The summed E-state index contributed by atoms with van der Waals surface area (Å²) in [5, 5.41) is 2.80. The number of pyridine rings is 2. The fourth-order valence-electron chi connectivity index (χ4n) is 1.51. The lowest BCUT2D eigenvalue weighted by Crippen LogP contribution is -2.27. The van der Waals surface area contributed by atoms with Crippen molar-refractivity contribution in [3.05, 3.63) is 48.0 Å². The minimum Gasteiger partial charge on any atom is -0.324 e. The van der Waals surface area contributed by atoms with Gasteiger partial charge in [-0.1, -0.05) is 6.07 Å². The van der Waals surface area contributed by atoms with Gasteiger partial charge in [-0.3, -0.25) is 9.63 Å². The van der Waals surface area contributed by atoms with E-state index in [1.54, 1.807) is 32.0 Å². The molecule has 0 saturated heterocycles. The number of nitrogens with one attached hydrogen (secondary N) is 2. The van der Waals surface area contributed by atoms with Gasteiger partial charge >= 0.3 is 0 Å². The summed E-state index contributed by atoms with van der Waals surface area (Å²) in [6.07, 6.45) is 1.37. The van der Waals surface area contributed by atoms with Crippen LogP contribution in [0, 0.1) is 5.95 Å². The van der Waals surface area contributed by atoms with Gasteiger partial charge in [0, 0.05) is 6.20 Å². The second-order valence-electron chi connectivity index (χ2n) is 4.47. The van der Waals surface area contributed by atoms with E-state index in [1.165, 1.54) is 18.3 Å². The second kappa shape index (κ2) is 6.76. The van der Waals surface area contributed by atoms with Crippen molar-refractivity contribution >= 4 is 17.5 Å². The van der Waals surface area contributed by atoms with Crippen LogP contribution in [0.5, 0.6) is 0 Å². The molecular formula is C14H15FN4O2. The molecule has 6 nitrogen and oxygen atoms in total. The lowest BCUT2D eigenvalue weighted by atomic mass is 10.2. The highest BCUT2D eigenvalue weighted by Crippen LogP contribution is 2.17. The zero-order chi connectivity index (χ0) is 15.2. The van der Waals surface area contributed by atoms with Crippen LogP contribution in [-0.2, 0) is 4.84 Å². The number of rotatable bonds is 5. The van der Waals surface area contributed by atoms with Crippen molar-refractivity contribution in [2.45, 2.75) is 20.0 Å². The van der Waals surface area contributed by atoms with Gasteiger partial charge in [0.15, 0.2) is 0 Å². The third-order valence-electron chi connectivity index (χ3n) is 2.40. The van der Waals surface area contributed by atoms with Gasteiger partial charge in [-0.2, -0.15) is 4.39 Å². The molecule has 0 fully saturated rings. The standard InChI is InChI=1S/C14H15FN4O2/c1-9(2)21-19-14(20)10-5-4-8-16-13(10)18-12-7-3-6-11(15)17-12/h3-9H,1-2H3,(H,19,20)(H,16,17,18). The Bertz CT molecular complexity index is 634. The molecule has 110 valence electrons. The van der Waals surface area contributed by atoms with Gasteiger partial charge in [0.05, 0.1) is 11.7 Å². The van der Waals surface area contributed by atoms with Crippen LogP contribution in [0.25, 0.3) is 0 Å². The number of carbonyl (C=O) groups excluding carboxylic acids is 1. The Hall–Kier alpha value is -2.54. The van der Waals surface area contributed by atoms with Crippen LogP contribution in [0.1, 0.15) is 24.2 Å². The summed E-state index contributed by atoms with van der Waals surface area (Å²) >= 11 is 0. The lowest BCUT2D eigenvalue weighted by Gasteiger charge is -2.12. The van der Waals surface area contributed by atoms with Crippen molar-refractivity contribution in [1.29, 1.82) is 0 Å². The van der Waals surface area contributed by atoms with E-state index >= 15 is 0 Å². The molecule has 0 radical (unpaired) electrons. The van der Waals surface area contributed by atoms with Gasteiger partial charge < -0.3 is 5.32 Å². The Kier molecular flexibility index (Phi) is 4.78. The quantitative estimate of drug-likeness (QED) is 0.653. The van der Waals surface area contributed by atoms with Gasteiger partial charge in [0.1, 0.15) is 11.6 Å². The first kappa shape index (κ1) is 14.9. The Labute approximate surface area is 121 Å². The largest absolute Gasteiger partial charge is 0.324 e. The molecule has 0 aliphatic carbocycles. The van der Waals surface area contributed by atoms with Crippen molar-refractivity contribution in [2.24, 2.45) is 0 Å². The molecular weight excluding hydrogens is 275 g/mol. The fourth-order valence-corrected chi connectivity index (χ4v) is 1.51. The monoisotopic (exact) mass is 290 g/mol. The van der Waals surface area contributed by atoms with Gasteiger partial charge in [-0.05, 0) is 38.1 Å². The predicted molar refractivity (Wildman–Crippen MR) is 75.4 cm³/mol. The highest BCUT2D eigenvalue weighted by Gasteiger charge is 2.13. The summed E-state index contributed by atoms with van der Waals surface area (Å²) in [6.45, 7) is 3.58. The number of hydroxylamine groups is 1. The lowest BCUT2D eigenvalue weighted by molar-refractivity contribution is 0.000225. The minimum atomic E-state index is -0.620. The van der Waals surface area contributed by atoms with Crippen LogP contribution >= 0.6 is 0 Å². The van der Waals surface area contributed by atoms with Crippen molar-refractivity contribution in [3.8, 4) is 0 Å². The maximum Gasteiger partial charge on any atom is 0.278 e. The molecule has 2 aromatic rings. The van der Waals surface area contributed by atoms with E-state index in [2.05, 4.69) is 20.8 Å². The molecule has 21 heavy (non-hydrogen) atoms. The average Bonchev–Trinajstić information content (AvgIpc) is 2.45. The molecule has 0 unspecified atom stereocenters. The molecule has 1 amide bonds. The number of halogens is 1.